The lowest BCUT2D eigenvalue weighted by Gasteiger charge is -2.03. The van der Waals surface area contributed by atoms with Gasteiger partial charge in [0.25, 0.3) is 0 Å². The van der Waals surface area contributed by atoms with E-state index in [0.717, 1.165) is 18.5 Å². The van der Waals surface area contributed by atoms with Gasteiger partial charge in [-0.05, 0) is 24.6 Å². The molecule has 3 aromatic heterocycles. The Morgan fingerprint density at radius 2 is 2.29 bits per heavy atom. The first-order chi connectivity index (χ1) is 11.7. The van der Waals surface area contributed by atoms with Gasteiger partial charge in [-0.3, -0.25) is 15.0 Å². The van der Waals surface area contributed by atoms with Gasteiger partial charge in [0, 0.05) is 28.7 Å². The zero-order valence-electron chi connectivity index (χ0n) is 13.3. The van der Waals surface area contributed by atoms with Crippen molar-refractivity contribution in [3.05, 3.63) is 58.7 Å². The number of carbonyl (C=O) groups excluding carboxylic acids is 1. The highest BCUT2D eigenvalue weighted by Gasteiger charge is 2.09. The molecule has 24 heavy (non-hydrogen) atoms. The number of ether oxygens (including phenoxy) is 1. The van der Waals surface area contributed by atoms with Gasteiger partial charge in [-0.2, -0.15) is 5.10 Å². The van der Waals surface area contributed by atoms with E-state index in [4.69, 9.17) is 4.74 Å². The Morgan fingerprint density at radius 1 is 1.38 bits per heavy atom. The van der Waals surface area contributed by atoms with Crippen LogP contribution in [0.5, 0.6) is 5.75 Å². The molecule has 3 aromatic rings. The molecule has 0 fully saturated rings. The predicted octanol–water partition coefficient (Wildman–Crippen LogP) is 3.95. The smallest absolute Gasteiger partial charge is 0.409 e. The van der Waals surface area contributed by atoms with Gasteiger partial charge < -0.3 is 4.74 Å². The standard InChI is InChI=1S/C17H18N4O2S/c1-2-5-15-10-14(12-24-15)23-17(22)19-16-7-9-21(20-16)11-13-6-3-4-8-18-13/h3-4,6-10,12H,2,5,11H2,1H3,(H,19,20,22). The van der Waals surface area contributed by atoms with Crippen molar-refractivity contribution in [2.24, 2.45) is 0 Å². The molecule has 3 heterocycles. The number of hydrogen-bond acceptors (Lipinski definition) is 5. The minimum Gasteiger partial charge on any atom is -0.409 e. The molecule has 7 heteroatoms. The van der Waals surface area contributed by atoms with Crippen LogP contribution in [0.4, 0.5) is 10.6 Å². The molecule has 0 unspecified atom stereocenters. The number of pyridine rings is 1. The van der Waals surface area contributed by atoms with Gasteiger partial charge in [-0.1, -0.05) is 19.4 Å². The van der Waals surface area contributed by atoms with Gasteiger partial charge in [0.05, 0.1) is 12.2 Å². The first-order valence-corrected chi connectivity index (χ1v) is 8.60. The number of hydrogen-bond donors (Lipinski definition) is 1. The van der Waals surface area contributed by atoms with E-state index in [1.54, 1.807) is 34.5 Å². The summed E-state index contributed by atoms with van der Waals surface area (Å²) in [4.78, 5) is 17.4. The summed E-state index contributed by atoms with van der Waals surface area (Å²) >= 11 is 1.60. The van der Waals surface area contributed by atoms with Crippen molar-refractivity contribution in [1.29, 1.82) is 0 Å². The number of rotatable bonds is 6. The van der Waals surface area contributed by atoms with Crippen LogP contribution >= 0.6 is 11.3 Å². The monoisotopic (exact) mass is 342 g/mol. The van der Waals surface area contributed by atoms with E-state index in [1.807, 2.05) is 29.6 Å². The molecule has 0 aliphatic rings. The molecule has 0 saturated heterocycles. The van der Waals surface area contributed by atoms with Crippen LogP contribution in [0.3, 0.4) is 0 Å². The van der Waals surface area contributed by atoms with Crippen LogP contribution in [0.1, 0.15) is 23.9 Å². The number of aryl methyl sites for hydroxylation is 1. The Kier molecular flexibility index (Phi) is 5.22. The van der Waals surface area contributed by atoms with Crippen molar-refractivity contribution < 1.29 is 9.53 Å². The van der Waals surface area contributed by atoms with Gasteiger partial charge in [0.1, 0.15) is 5.75 Å². The summed E-state index contributed by atoms with van der Waals surface area (Å²) in [5, 5.41) is 8.76. The number of thiophene rings is 1. The number of anilines is 1. The first-order valence-electron chi connectivity index (χ1n) is 7.72. The number of amides is 1. The van der Waals surface area contributed by atoms with Crippen LogP contribution in [-0.4, -0.2) is 20.9 Å². The van der Waals surface area contributed by atoms with E-state index in [-0.39, 0.29) is 0 Å². The highest BCUT2D eigenvalue weighted by molar-refractivity contribution is 7.10. The van der Waals surface area contributed by atoms with Crippen LogP contribution < -0.4 is 10.1 Å². The van der Waals surface area contributed by atoms with E-state index in [9.17, 15) is 4.79 Å². The van der Waals surface area contributed by atoms with Gasteiger partial charge >= 0.3 is 6.09 Å². The van der Waals surface area contributed by atoms with Gasteiger partial charge in [-0.25, -0.2) is 4.79 Å². The molecular formula is C17H18N4O2S. The highest BCUT2D eigenvalue weighted by Crippen LogP contribution is 2.23. The molecule has 0 aromatic carbocycles. The minimum atomic E-state index is -0.543. The van der Waals surface area contributed by atoms with E-state index < -0.39 is 6.09 Å². The minimum absolute atomic E-state index is 0.444. The summed E-state index contributed by atoms with van der Waals surface area (Å²) < 4.78 is 6.98. The summed E-state index contributed by atoms with van der Waals surface area (Å²) in [7, 11) is 0. The van der Waals surface area contributed by atoms with Crippen LogP contribution in [0.2, 0.25) is 0 Å². The summed E-state index contributed by atoms with van der Waals surface area (Å²) in [6.45, 7) is 2.66. The summed E-state index contributed by atoms with van der Waals surface area (Å²) in [6.07, 6.45) is 5.05. The van der Waals surface area contributed by atoms with E-state index >= 15 is 0 Å². The second kappa shape index (κ2) is 7.74. The molecule has 0 saturated carbocycles. The van der Waals surface area contributed by atoms with Crippen molar-refractivity contribution in [2.75, 3.05) is 5.32 Å². The second-order valence-corrected chi connectivity index (χ2v) is 6.23. The molecule has 0 atom stereocenters. The normalized spacial score (nSPS) is 10.5. The average molecular weight is 342 g/mol. The zero-order valence-corrected chi connectivity index (χ0v) is 14.1. The third-order valence-corrected chi connectivity index (χ3v) is 4.23. The Bertz CT molecular complexity index is 798. The molecule has 0 bridgehead atoms. The highest BCUT2D eigenvalue weighted by atomic mass is 32.1. The molecular weight excluding hydrogens is 324 g/mol. The third kappa shape index (κ3) is 4.42. The molecule has 1 amide bonds. The summed E-state index contributed by atoms with van der Waals surface area (Å²) in [5.74, 6) is 1.01. The number of carbonyl (C=O) groups is 1. The number of nitrogens with one attached hydrogen (secondary N) is 1. The van der Waals surface area contributed by atoms with Crippen molar-refractivity contribution in [3.63, 3.8) is 0 Å². The molecule has 0 aliphatic heterocycles. The fraction of sp³-hybridized carbons (Fsp3) is 0.235. The van der Waals surface area contributed by atoms with Crippen LogP contribution in [-0.2, 0) is 13.0 Å². The fourth-order valence-corrected chi connectivity index (χ4v) is 3.09. The van der Waals surface area contributed by atoms with Gasteiger partial charge in [0.2, 0.25) is 0 Å². The molecule has 0 spiro atoms. The lowest BCUT2D eigenvalue weighted by molar-refractivity contribution is 0.215. The lowest BCUT2D eigenvalue weighted by atomic mass is 10.3. The number of aromatic nitrogens is 3. The Hall–Kier alpha value is -2.67. The largest absolute Gasteiger partial charge is 0.418 e. The Balaban J connectivity index is 1.54. The first kappa shape index (κ1) is 16.2. The van der Waals surface area contributed by atoms with Crippen LogP contribution in [0, 0.1) is 0 Å². The summed E-state index contributed by atoms with van der Waals surface area (Å²) in [5.41, 5.74) is 0.899. The van der Waals surface area contributed by atoms with E-state index in [0.29, 0.717) is 18.1 Å². The second-order valence-electron chi connectivity index (χ2n) is 5.23. The third-order valence-electron chi connectivity index (χ3n) is 3.26. The molecule has 6 nitrogen and oxygen atoms in total. The van der Waals surface area contributed by atoms with E-state index in [2.05, 4.69) is 22.3 Å². The topological polar surface area (TPSA) is 69.0 Å². The van der Waals surface area contributed by atoms with Crippen molar-refractivity contribution in [1.82, 2.24) is 14.8 Å². The molecule has 0 aliphatic carbocycles. The average Bonchev–Trinajstić information content (AvgIpc) is 3.18. The summed E-state index contributed by atoms with van der Waals surface area (Å²) in [6, 6.07) is 9.34. The van der Waals surface area contributed by atoms with E-state index in [1.165, 1.54) is 4.88 Å². The van der Waals surface area contributed by atoms with Crippen molar-refractivity contribution >= 4 is 23.2 Å². The maximum atomic E-state index is 11.9. The van der Waals surface area contributed by atoms with Gasteiger partial charge in [-0.15, -0.1) is 11.3 Å². The lowest BCUT2D eigenvalue weighted by Crippen LogP contribution is -2.17. The zero-order chi connectivity index (χ0) is 16.8. The fourth-order valence-electron chi connectivity index (χ4n) is 2.20. The SMILES string of the molecule is CCCc1cc(OC(=O)Nc2ccn(Cc3ccccn3)n2)cs1. The number of nitrogens with zero attached hydrogens (tertiary/aromatic N) is 3. The van der Waals surface area contributed by atoms with Crippen LogP contribution in [0.25, 0.3) is 0 Å². The molecule has 1 N–H and O–H groups in total. The van der Waals surface area contributed by atoms with Crippen molar-refractivity contribution in [2.45, 2.75) is 26.3 Å². The Morgan fingerprint density at radius 3 is 3.08 bits per heavy atom. The molecule has 3 rings (SSSR count). The quantitative estimate of drug-likeness (QED) is 0.736. The van der Waals surface area contributed by atoms with Crippen molar-refractivity contribution in [3.8, 4) is 5.75 Å². The molecule has 0 radical (unpaired) electrons. The Labute approximate surface area is 144 Å². The maximum Gasteiger partial charge on any atom is 0.418 e. The van der Waals surface area contributed by atoms with Crippen LogP contribution in [0.15, 0.2) is 48.1 Å². The maximum absolute atomic E-state index is 11.9. The molecule has 124 valence electrons. The van der Waals surface area contributed by atoms with Gasteiger partial charge in [0.15, 0.2) is 5.82 Å². The predicted molar refractivity (Wildman–Crippen MR) is 93.5 cm³/mol.